The molecule has 2 saturated heterocycles. The van der Waals surface area contributed by atoms with Crippen LogP contribution in [0.25, 0.3) is 11.1 Å². The maximum Gasteiger partial charge on any atom is 0.333 e. The van der Waals surface area contributed by atoms with Gasteiger partial charge in [0.2, 0.25) is 11.8 Å². The molecule has 22 nitrogen and oxygen atoms in total. The highest BCUT2D eigenvalue weighted by atomic mass is 16.7. The van der Waals surface area contributed by atoms with E-state index in [1.807, 2.05) is 18.2 Å². The number of hydrogen-bond donors (Lipinski definition) is 5. The molecule has 22 heteroatoms. The van der Waals surface area contributed by atoms with E-state index < -0.39 is 48.5 Å². The van der Waals surface area contributed by atoms with Crippen molar-refractivity contribution in [1.82, 2.24) is 15.7 Å². The van der Waals surface area contributed by atoms with Gasteiger partial charge in [-0.2, -0.15) is 0 Å². The number of nitrogens with one attached hydrogen (secondary N) is 2. The van der Waals surface area contributed by atoms with Crippen LogP contribution in [0, 0.1) is 0 Å². The molecule has 0 unspecified atom stereocenters. The van der Waals surface area contributed by atoms with Crippen molar-refractivity contribution in [3.8, 4) is 16.9 Å². The van der Waals surface area contributed by atoms with Crippen molar-refractivity contribution in [2.24, 2.45) is 0 Å². The summed E-state index contributed by atoms with van der Waals surface area (Å²) in [7, 11) is 0. The molecular formula is C49H69N3O19. The first kappa shape index (κ1) is 58.3. The van der Waals surface area contributed by atoms with Gasteiger partial charge in [-0.3, -0.25) is 28.8 Å². The number of hydrogen-bond acceptors (Lipinski definition) is 19. The standard InChI is InChI=1S/C49H69N3O19/c1-34-46(60)47(61)48(62)49(70-34)68-31-30-65-23-20-51-42(56)18-22-64-25-27-67-29-28-66-26-24-63-21-5-8-38(53)33-69-39-14-12-35(13-15-39)36-6-2-7-37(32-36)40(54)9-4-19-50-41(55)10-3-11-45(59)71-52-43(57)16-17-44(52)58/h2,6-7,12-15,32,34,46-49,60-62H,3-5,8-11,16-31,33H2,1H3,(H,50,55)(H,51,56)/t34-,46-,47+,48+,49+/m0/s1. The van der Waals surface area contributed by atoms with Gasteiger partial charge in [0.15, 0.2) is 17.9 Å². The highest BCUT2D eigenvalue weighted by molar-refractivity contribution is 6.01. The third-order valence-electron chi connectivity index (χ3n) is 10.9. The fourth-order valence-electron chi connectivity index (χ4n) is 6.89. The van der Waals surface area contributed by atoms with Crippen molar-refractivity contribution >= 4 is 41.2 Å². The number of aliphatic hydroxyl groups is 3. The van der Waals surface area contributed by atoms with Crippen LogP contribution in [0.1, 0.15) is 81.5 Å². The zero-order chi connectivity index (χ0) is 51.2. The molecule has 5 atom stereocenters. The first-order valence-electron chi connectivity index (χ1n) is 24.0. The summed E-state index contributed by atoms with van der Waals surface area (Å²) in [5.41, 5.74) is 2.23. The Balaban J connectivity index is 0.904. The molecule has 2 heterocycles. The molecular weight excluding hydrogens is 935 g/mol. The molecule has 71 heavy (non-hydrogen) atoms. The van der Waals surface area contributed by atoms with E-state index in [0.717, 1.165) is 11.1 Å². The summed E-state index contributed by atoms with van der Waals surface area (Å²) >= 11 is 0. The zero-order valence-corrected chi connectivity index (χ0v) is 40.3. The van der Waals surface area contributed by atoms with Crippen molar-refractivity contribution in [3.63, 3.8) is 0 Å². The molecule has 0 spiro atoms. The average Bonchev–Trinajstić information content (AvgIpc) is 3.68. The topological polar surface area (TPSA) is 291 Å². The molecule has 4 rings (SSSR count). The fraction of sp³-hybridized carbons (Fsp3) is 0.612. The number of imide groups is 1. The number of carbonyl (C=O) groups is 7. The minimum atomic E-state index is -1.37. The van der Waals surface area contributed by atoms with Crippen LogP contribution in [0.5, 0.6) is 5.75 Å². The van der Waals surface area contributed by atoms with Gasteiger partial charge in [-0.15, -0.1) is 5.06 Å². The van der Waals surface area contributed by atoms with Gasteiger partial charge in [0.25, 0.3) is 11.8 Å². The Hall–Kier alpha value is -5.27. The van der Waals surface area contributed by atoms with Crippen molar-refractivity contribution in [2.75, 3.05) is 92.4 Å². The lowest BCUT2D eigenvalue weighted by atomic mass is 9.99. The Morgan fingerprint density at radius 3 is 1.94 bits per heavy atom. The second-order valence-electron chi connectivity index (χ2n) is 16.5. The summed E-state index contributed by atoms with van der Waals surface area (Å²) < 4.78 is 43.7. The second kappa shape index (κ2) is 33.4. The molecule has 2 aliphatic rings. The Kier molecular flexibility index (Phi) is 27.4. The van der Waals surface area contributed by atoms with E-state index in [1.54, 1.807) is 37.3 Å². The van der Waals surface area contributed by atoms with E-state index in [2.05, 4.69) is 10.6 Å². The molecule has 0 bridgehead atoms. The van der Waals surface area contributed by atoms with Crippen molar-refractivity contribution in [1.29, 1.82) is 0 Å². The Morgan fingerprint density at radius 2 is 1.24 bits per heavy atom. The number of benzene rings is 2. The number of ketones is 2. The number of nitrogens with zero attached hydrogens (tertiary/aromatic N) is 1. The third-order valence-corrected chi connectivity index (χ3v) is 10.9. The lowest BCUT2D eigenvalue weighted by Crippen LogP contribution is -2.57. The Morgan fingerprint density at radius 1 is 0.620 bits per heavy atom. The first-order chi connectivity index (χ1) is 34.3. The van der Waals surface area contributed by atoms with Gasteiger partial charge < -0.3 is 68.7 Å². The summed E-state index contributed by atoms with van der Waals surface area (Å²) in [6.45, 7) is 5.40. The van der Waals surface area contributed by atoms with Crippen LogP contribution >= 0.6 is 0 Å². The number of carbonyl (C=O) groups excluding carboxylic acids is 7. The van der Waals surface area contributed by atoms with Crippen LogP contribution < -0.4 is 15.4 Å². The van der Waals surface area contributed by atoms with Gasteiger partial charge in [0, 0.05) is 70.2 Å². The highest BCUT2D eigenvalue weighted by Crippen LogP contribution is 2.25. The zero-order valence-electron chi connectivity index (χ0n) is 40.3. The van der Waals surface area contributed by atoms with Crippen LogP contribution in [0.3, 0.4) is 0 Å². The van der Waals surface area contributed by atoms with E-state index in [9.17, 15) is 48.9 Å². The maximum atomic E-state index is 12.9. The summed E-state index contributed by atoms with van der Waals surface area (Å²) in [6.07, 6.45) is -3.93. The smallest absolute Gasteiger partial charge is 0.333 e. The molecule has 4 amide bonds. The van der Waals surface area contributed by atoms with E-state index >= 15 is 0 Å². The Bertz CT molecular complexity index is 1950. The van der Waals surface area contributed by atoms with Crippen LogP contribution in [0.2, 0.25) is 0 Å². The molecule has 2 fully saturated rings. The van der Waals surface area contributed by atoms with Crippen molar-refractivity contribution < 1.29 is 91.6 Å². The molecule has 0 saturated carbocycles. The van der Waals surface area contributed by atoms with Crippen LogP contribution in [-0.2, 0) is 66.8 Å². The normalized spacial score (nSPS) is 18.9. The van der Waals surface area contributed by atoms with E-state index in [0.29, 0.717) is 88.4 Å². The number of aliphatic hydroxyl groups excluding tert-OH is 3. The minimum Gasteiger partial charge on any atom is -0.486 e. The lowest BCUT2D eigenvalue weighted by molar-refractivity contribution is -0.294. The summed E-state index contributed by atoms with van der Waals surface area (Å²) in [4.78, 5) is 89.2. The fourth-order valence-corrected chi connectivity index (χ4v) is 6.89. The minimum absolute atomic E-state index is 0.00511. The van der Waals surface area contributed by atoms with Crippen LogP contribution in [-0.4, -0.2) is 185 Å². The van der Waals surface area contributed by atoms with Gasteiger partial charge in [-0.1, -0.05) is 30.3 Å². The monoisotopic (exact) mass is 1000 g/mol. The molecule has 0 aromatic heterocycles. The van der Waals surface area contributed by atoms with Crippen molar-refractivity contribution in [3.05, 3.63) is 54.1 Å². The van der Waals surface area contributed by atoms with E-state index in [4.69, 9.17) is 42.7 Å². The summed E-state index contributed by atoms with van der Waals surface area (Å²) in [6, 6.07) is 14.4. The summed E-state index contributed by atoms with van der Waals surface area (Å²) in [5, 5.41) is 35.4. The van der Waals surface area contributed by atoms with E-state index in [-0.39, 0.29) is 108 Å². The molecule has 5 N–H and O–H groups in total. The van der Waals surface area contributed by atoms with Crippen molar-refractivity contribution in [2.45, 2.75) is 102 Å². The van der Waals surface area contributed by atoms with Crippen LogP contribution in [0.15, 0.2) is 48.5 Å². The predicted molar refractivity (Wildman–Crippen MR) is 249 cm³/mol. The van der Waals surface area contributed by atoms with Gasteiger partial charge in [-0.25, -0.2) is 4.79 Å². The number of ether oxygens (including phenoxy) is 8. The SMILES string of the molecule is C[C@@H]1O[C@@H](OCCOCCNC(=O)CCOCCOCCOCCOCCCC(=O)COc2ccc(-c3cccc(C(=O)CCCNC(=O)CCCC(=O)ON4C(=O)CCC4=O)c3)cc2)[C@H](O)[C@H](O)[C@H]1O. The maximum absolute atomic E-state index is 12.9. The highest BCUT2D eigenvalue weighted by Gasteiger charge is 2.42. The predicted octanol–water partition coefficient (Wildman–Crippen LogP) is 1.37. The molecule has 0 aliphatic carbocycles. The number of hydroxylamine groups is 2. The first-order valence-corrected chi connectivity index (χ1v) is 24.0. The Labute approximate surface area is 412 Å². The number of amides is 4. The average molecular weight is 1000 g/mol. The van der Waals surface area contributed by atoms with Gasteiger partial charge >= 0.3 is 5.97 Å². The van der Waals surface area contributed by atoms with Crippen LogP contribution in [0.4, 0.5) is 0 Å². The van der Waals surface area contributed by atoms with Gasteiger partial charge in [0.1, 0.15) is 30.7 Å². The number of rotatable bonds is 37. The van der Waals surface area contributed by atoms with Gasteiger partial charge in [-0.05, 0) is 55.5 Å². The lowest BCUT2D eigenvalue weighted by Gasteiger charge is -2.38. The van der Waals surface area contributed by atoms with Gasteiger partial charge in [0.05, 0.1) is 72.2 Å². The quantitative estimate of drug-likeness (QED) is 0.0363. The molecule has 394 valence electrons. The molecule has 2 aromatic rings. The second-order valence-corrected chi connectivity index (χ2v) is 16.5. The third kappa shape index (κ3) is 22.8. The molecule has 0 radical (unpaired) electrons. The summed E-state index contributed by atoms with van der Waals surface area (Å²) in [5.74, 6) is -1.97. The largest absolute Gasteiger partial charge is 0.486 e. The molecule has 2 aliphatic heterocycles. The molecule has 2 aromatic carbocycles. The van der Waals surface area contributed by atoms with E-state index in [1.165, 1.54) is 0 Å². The number of Topliss-reactive ketones (excluding diaryl/α,β-unsaturated/α-hetero) is 2.